The van der Waals surface area contributed by atoms with Gasteiger partial charge in [0.15, 0.2) is 0 Å². The van der Waals surface area contributed by atoms with Crippen LogP contribution in [0, 0.1) is 12.7 Å². The number of hydrogen-bond donors (Lipinski definition) is 0. The van der Waals surface area contributed by atoms with Gasteiger partial charge in [-0.1, -0.05) is 18.2 Å². The number of nitrogens with zero attached hydrogens (tertiary/aromatic N) is 4. The summed E-state index contributed by atoms with van der Waals surface area (Å²) < 4.78 is 13.4. The van der Waals surface area contributed by atoms with Gasteiger partial charge >= 0.3 is 0 Å². The van der Waals surface area contributed by atoms with Gasteiger partial charge in [-0.05, 0) is 85.8 Å². The number of aryl methyl sites for hydroxylation is 1. The molecule has 0 radical (unpaired) electrons. The van der Waals surface area contributed by atoms with Crippen LogP contribution in [0.25, 0.3) is 0 Å². The van der Waals surface area contributed by atoms with E-state index in [0.29, 0.717) is 19.5 Å². The monoisotopic (exact) mass is 482 g/mol. The Hall–Kier alpha value is -3.38. The molecule has 1 aromatic heterocycles. The van der Waals surface area contributed by atoms with Gasteiger partial charge in [0.2, 0.25) is 5.91 Å². The molecular weight excluding hydrogens is 451 g/mol. The second-order valence-electron chi connectivity index (χ2n) is 10.3. The number of pyridine rings is 1. The van der Waals surface area contributed by atoms with Gasteiger partial charge in [0.1, 0.15) is 5.82 Å². The highest BCUT2D eigenvalue weighted by Crippen LogP contribution is 2.33. The number of amides is 1. The topological polar surface area (TPSA) is 48.8 Å². The van der Waals surface area contributed by atoms with Crippen molar-refractivity contribution >= 4 is 11.6 Å². The number of piperidine rings is 1. The molecule has 5 nitrogen and oxygen atoms in total. The molecule has 1 saturated heterocycles. The van der Waals surface area contributed by atoms with Crippen LogP contribution >= 0.6 is 0 Å². The minimum atomic E-state index is -0.209. The molecule has 0 spiro atoms. The van der Waals surface area contributed by atoms with Gasteiger partial charge in [0.25, 0.3) is 0 Å². The van der Waals surface area contributed by atoms with Gasteiger partial charge in [-0.15, -0.1) is 0 Å². The smallest absolute Gasteiger partial charge is 0.227 e. The Balaban J connectivity index is 1.23. The second-order valence-corrected chi connectivity index (χ2v) is 10.3. The number of aliphatic imine (C=N–C) groups is 1. The van der Waals surface area contributed by atoms with Crippen molar-refractivity contribution in [2.45, 2.75) is 58.3 Å². The molecule has 0 N–H and O–H groups in total. The quantitative estimate of drug-likeness (QED) is 0.526. The third kappa shape index (κ3) is 4.24. The molecule has 3 aliphatic heterocycles. The van der Waals surface area contributed by atoms with Crippen molar-refractivity contribution in [2.24, 2.45) is 4.99 Å². The van der Waals surface area contributed by atoms with Gasteiger partial charge in [-0.2, -0.15) is 0 Å². The molecule has 3 aliphatic rings. The predicted molar refractivity (Wildman–Crippen MR) is 138 cm³/mol. The van der Waals surface area contributed by atoms with E-state index < -0.39 is 0 Å². The zero-order chi connectivity index (χ0) is 24.8. The third-order valence-corrected chi connectivity index (χ3v) is 8.03. The van der Waals surface area contributed by atoms with Gasteiger partial charge in [-0.25, -0.2) is 4.39 Å². The summed E-state index contributed by atoms with van der Waals surface area (Å²) in [7, 11) is 0. The normalized spacial score (nSPS) is 20.6. The molecule has 36 heavy (non-hydrogen) atoms. The van der Waals surface area contributed by atoms with Gasteiger partial charge in [0.05, 0.1) is 18.7 Å². The zero-order valence-corrected chi connectivity index (χ0v) is 20.9. The van der Waals surface area contributed by atoms with E-state index in [1.807, 2.05) is 31.3 Å². The summed E-state index contributed by atoms with van der Waals surface area (Å²) in [5.74, 6) is 0.00596. The van der Waals surface area contributed by atoms with Crippen molar-refractivity contribution in [1.82, 2.24) is 14.8 Å². The summed E-state index contributed by atoms with van der Waals surface area (Å²) in [5, 5.41) is 0. The van der Waals surface area contributed by atoms with E-state index in [1.54, 1.807) is 0 Å². The SMILES string of the molecule is Cc1cc(C2=NCc3cc4c(cc32)CN([C@@H]2CCCN(C(C)c3ccc(F)cc3)C2)C(=O)C4)ccn1. The largest absolute Gasteiger partial charge is 0.334 e. The predicted octanol–water partition coefficient (Wildman–Crippen LogP) is 4.99. The summed E-state index contributed by atoms with van der Waals surface area (Å²) in [4.78, 5) is 27.0. The van der Waals surface area contributed by atoms with E-state index in [1.165, 1.54) is 28.8 Å². The van der Waals surface area contributed by atoms with Crippen LogP contribution in [0.3, 0.4) is 0 Å². The Kier molecular flexibility index (Phi) is 5.92. The van der Waals surface area contributed by atoms with Crippen LogP contribution in [-0.4, -0.2) is 45.5 Å². The van der Waals surface area contributed by atoms with Gasteiger partial charge < -0.3 is 4.90 Å². The van der Waals surface area contributed by atoms with Crippen molar-refractivity contribution in [3.05, 3.63) is 99.6 Å². The first-order valence-corrected chi connectivity index (χ1v) is 12.9. The fourth-order valence-corrected chi connectivity index (χ4v) is 6.00. The van der Waals surface area contributed by atoms with E-state index in [2.05, 4.69) is 39.9 Å². The van der Waals surface area contributed by atoms with E-state index in [-0.39, 0.29) is 23.8 Å². The van der Waals surface area contributed by atoms with Crippen LogP contribution in [0.1, 0.15) is 64.9 Å². The van der Waals surface area contributed by atoms with E-state index in [4.69, 9.17) is 4.99 Å². The van der Waals surface area contributed by atoms with E-state index in [0.717, 1.165) is 54.0 Å². The number of halogens is 1. The number of benzene rings is 2. The maximum absolute atomic E-state index is 13.4. The van der Waals surface area contributed by atoms with E-state index in [9.17, 15) is 9.18 Å². The number of rotatable bonds is 4. The first-order valence-electron chi connectivity index (χ1n) is 12.9. The number of carbonyl (C=O) groups is 1. The fraction of sp³-hybridized carbons (Fsp3) is 0.367. The second kappa shape index (κ2) is 9.25. The van der Waals surface area contributed by atoms with Crippen LogP contribution in [-0.2, 0) is 24.3 Å². The maximum atomic E-state index is 13.4. The highest BCUT2D eigenvalue weighted by molar-refractivity contribution is 6.15. The fourth-order valence-electron chi connectivity index (χ4n) is 6.00. The Morgan fingerprint density at radius 1 is 1.06 bits per heavy atom. The molecule has 2 aromatic carbocycles. The lowest BCUT2D eigenvalue weighted by molar-refractivity contribution is -0.136. The molecule has 6 rings (SSSR count). The molecule has 184 valence electrons. The van der Waals surface area contributed by atoms with Crippen LogP contribution in [0.15, 0.2) is 59.7 Å². The highest BCUT2D eigenvalue weighted by atomic mass is 19.1. The maximum Gasteiger partial charge on any atom is 0.227 e. The lowest BCUT2D eigenvalue weighted by Crippen LogP contribution is -2.52. The molecule has 0 aliphatic carbocycles. The van der Waals surface area contributed by atoms with Gasteiger partial charge in [-0.3, -0.25) is 19.7 Å². The van der Waals surface area contributed by atoms with Crippen LogP contribution < -0.4 is 0 Å². The number of carbonyl (C=O) groups excluding carboxylic acids is 1. The van der Waals surface area contributed by atoms with Crippen molar-refractivity contribution in [2.75, 3.05) is 13.1 Å². The molecule has 6 heteroatoms. The summed E-state index contributed by atoms with van der Waals surface area (Å²) in [6.45, 7) is 7.32. The summed E-state index contributed by atoms with van der Waals surface area (Å²) in [6.07, 6.45) is 4.36. The Bertz CT molecular complexity index is 1350. The lowest BCUT2D eigenvalue weighted by Gasteiger charge is -2.43. The van der Waals surface area contributed by atoms with Crippen LogP contribution in [0.4, 0.5) is 4.39 Å². The molecule has 1 fully saturated rings. The molecular formula is C30H31FN4O. The molecule has 3 aromatic rings. The molecule has 0 bridgehead atoms. The minimum Gasteiger partial charge on any atom is -0.334 e. The first-order chi connectivity index (χ1) is 17.5. The average molecular weight is 483 g/mol. The van der Waals surface area contributed by atoms with Crippen molar-refractivity contribution < 1.29 is 9.18 Å². The number of fused-ring (bicyclic) bond motifs is 2. The third-order valence-electron chi connectivity index (χ3n) is 8.03. The molecule has 0 saturated carbocycles. The number of aromatic nitrogens is 1. The molecule has 1 unspecified atom stereocenters. The molecule has 4 heterocycles. The van der Waals surface area contributed by atoms with Crippen molar-refractivity contribution in [1.29, 1.82) is 0 Å². The van der Waals surface area contributed by atoms with Crippen LogP contribution in [0.2, 0.25) is 0 Å². The zero-order valence-electron chi connectivity index (χ0n) is 20.9. The Labute approximate surface area is 211 Å². The first kappa shape index (κ1) is 23.0. The average Bonchev–Trinajstić information content (AvgIpc) is 3.30. The number of likely N-dealkylation sites (tertiary alicyclic amines) is 1. The number of hydrogen-bond acceptors (Lipinski definition) is 4. The Morgan fingerprint density at radius 2 is 1.89 bits per heavy atom. The summed E-state index contributed by atoms with van der Waals surface area (Å²) in [6, 6.07) is 15.8. The van der Waals surface area contributed by atoms with Gasteiger partial charge in [0, 0.05) is 48.2 Å². The molecule has 2 atom stereocenters. The minimum absolute atomic E-state index is 0.187. The standard InChI is InChI=1S/C30H31FN4O/c1-19-12-22(9-10-32-19)30-28-14-25-17-35(29(36)15-23(25)13-24(28)16-33-30)27-4-3-11-34(18-27)20(2)21-5-7-26(31)8-6-21/h5-10,12-14,20,27H,3-4,11,15-18H2,1-2H3/t20?,27-/m1/s1. The Morgan fingerprint density at radius 3 is 2.69 bits per heavy atom. The summed E-state index contributed by atoms with van der Waals surface area (Å²) in [5.41, 5.74) is 8.99. The lowest BCUT2D eigenvalue weighted by atomic mass is 9.89. The molecule has 1 amide bonds. The highest BCUT2D eigenvalue weighted by Gasteiger charge is 2.34. The van der Waals surface area contributed by atoms with E-state index >= 15 is 0 Å². The van der Waals surface area contributed by atoms with Crippen LogP contribution in [0.5, 0.6) is 0 Å². The van der Waals surface area contributed by atoms with Crippen molar-refractivity contribution in [3.8, 4) is 0 Å². The summed E-state index contributed by atoms with van der Waals surface area (Å²) >= 11 is 0. The van der Waals surface area contributed by atoms with Crippen molar-refractivity contribution in [3.63, 3.8) is 0 Å².